The Morgan fingerprint density at radius 2 is 1.75 bits per heavy atom. The van der Waals surface area contributed by atoms with Gasteiger partial charge in [0.1, 0.15) is 5.75 Å². The van der Waals surface area contributed by atoms with Gasteiger partial charge in [-0.05, 0) is 38.1 Å². The molecule has 0 unspecified atom stereocenters. The SMILES string of the molecule is CCOc1ccc(S(=O)(=O)N2CC[NH+](CC)CC2)cc1. The topological polar surface area (TPSA) is 51.1 Å². The Kier molecular flexibility index (Phi) is 5.01. The van der Waals surface area contributed by atoms with Gasteiger partial charge in [-0.1, -0.05) is 0 Å². The molecule has 1 fully saturated rings. The lowest BCUT2D eigenvalue weighted by atomic mass is 10.3. The number of quaternary nitrogens is 1. The summed E-state index contributed by atoms with van der Waals surface area (Å²) in [5.41, 5.74) is 0. The van der Waals surface area contributed by atoms with Crippen LogP contribution in [0.3, 0.4) is 0 Å². The molecule has 1 saturated heterocycles. The number of hydrogen-bond acceptors (Lipinski definition) is 3. The predicted octanol–water partition coefficient (Wildman–Crippen LogP) is -0.00560. The van der Waals surface area contributed by atoms with E-state index >= 15 is 0 Å². The lowest BCUT2D eigenvalue weighted by Crippen LogP contribution is -3.14. The summed E-state index contributed by atoms with van der Waals surface area (Å²) in [6, 6.07) is 6.67. The lowest BCUT2D eigenvalue weighted by molar-refractivity contribution is -0.901. The van der Waals surface area contributed by atoms with Gasteiger partial charge in [0.25, 0.3) is 0 Å². The van der Waals surface area contributed by atoms with Crippen LogP contribution in [0.5, 0.6) is 5.75 Å². The molecule has 1 aliphatic heterocycles. The van der Waals surface area contributed by atoms with Gasteiger partial charge >= 0.3 is 0 Å². The molecule has 1 aliphatic rings. The first-order valence-corrected chi connectivity index (χ1v) is 8.58. The van der Waals surface area contributed by atoms with E-state index in [-0.39, 0.29) is 0 Å². The smallest absolute Gasteiger partial charge is 0.243 e. The largest absolute Gasteiger partial charge is 0.494 e. The molecule has 0 radical (unpaired) electrons. The maximum Gasteiger partial charge on any atom is 0.243 e. The molecule has 0 aliphatic carbocycles. The Bertz CT molecular complexity index is 520. The maximum absolute atomic E-state index is 12.5. The second-order valence-electron chi connectivity index (χ2n) is 4.91. The molecule has 0 amide bonds. The third-order valence-corrected chi connectivity index (χ3v) is 5.61. The van der Waals surface area contributed by atoms with Crippen LogP contribution in [0.25, 0.3) is 0 Å². The second kappa shape index (κ2) is 6.56. The minimum Gasteiger partial charge on any atom is -0.494 e. The molecule has 0 saturated carbocycles. The molecule has 1 aromatic rings. The maximum atomic E-state index is 12.5. The van der Waals surface area contributed by atoms with Crippen LogP contribution in [0, 0.1) is 0 Å². The van der Waals surface area contributed by atoms with Crippen molar-refractivity contribution in [1.82, 2.24) is 4.31 Å². The Hall–Kier alpha value is -1.11. The molecule has 1 N–H and O–H groups in total. The summed E-state index contributed by atoms with van der Waals surface area (Å²) in [5.74, 6) is 0.701. The number of sulfonamides is 1. The van der Waals surface area contributed by atoms with E-state index in [0.717, 1.165) is 19.6 Å². The van der Waals surface area contributed by atoms with Crippen molar-refractivity contribution < 1.29 is 18.1 Å². The number of ether oxygens (including phenoxy) is 1. The number of nitrogens with zero attached hydrogens (tertiary/aromatic N) is 1. The molecular weight excluding hydrogens is 276 g/mol. The van der Waals surface area contributed by atoms with E-state index < -0.39 is 10.0 Å². The Labute approximate surface area is 121 Å². The Morgan fingerprint density at radius 3 is 2.25 bits per heavy atom. The van der Waals surface area contributed by atoms with Crippen molar-refractivity contribution in [3.8, 4) is 5.75 Å². The predicted molar refractivity (Wildman–Crippen MR) is 77.6 cm³/mol. The number of nitrogens with one attached hydrogen (secondary N) is 1. The van der Waals surface area contributed by atoms with Crippen LogP contribution in [-0.2, 0) is 10.0 Å². The van der Waals surface area contributed by atoms with Crippen molar-refractivity contribution in [2.24, 2.45) is 0 Å². The van der Waals surface area contributed by atoms with Gasteiger partial charge in [-0.15, -0.1) is 0 Å². The summed E-state index contributed by atoms with van der Waals surface area (Å²) in [6.07, 6.45) is 0. The molecule has 0 aromatic heterocycles. The second-order valence-corrected chi connectivity index (χ2v) is 6.85. The minimum atomic E-state index is -3.36. The zero-order chi connectivity index (χ0) is 14.6. The highest BCUT2D eigenvalue weighted by molar-refractivity contribution is 7.89. The van der Waals surface area contributed by atoms with Crippen LogP contribution >= 0.6 is 0 Å². The first-order chi connectivity index (χ1) is 9.57. The third-order valence-electron chi connectivity index (χ3n) is 3.70. The van der Waals surface area contributed by atoms with Gasteiger partial charge in [0.2, 0.25) is 10.0 Å². The summed E-state index contributed by atoms with van der Waals surface area (Å²) < 4.78 is 32.0. The Balaban J connectivity index is 2.10. The van der Waals surface area contributed by atoms with Gasteiger partial charge in [-0.2, -0.15) is 4.31 Å². The normalized spacial score (nSPS) is 18.1. The minimum absolute atomic E-state index is 0.348. The molecule has 1 aromatic carbocycles. The van der Waals surface area contributed by atoms with Gasteiger partial charge in [0, 0.05) is 0 Å². The summed E-state index contributed by atoms with van der Waals surface area (Å²) in [6.45, 7) is 8.62. The highest BCUT2D eigenvalue weighted by Gasteiger charge is 2.29. The van der Waals surface area contributed by atoms with E-state index in [0.29, 0.717) is 30.3 Å². The average molecular weight is 299 g/mol. The van der Waals surface area contributed by atoms with E-state index in [9.17, 15) is 8.42 Å². The van der Waals surface area contributed by atoms with Gasteiger partial charge in [-0.25, -0.2) is 8.42 Å². The molecule has 112 valence electrons. The fourth-order valence-electron chi connectivity index (χ4n) is 2.42. The third kappa shape index (κ3) is 3.31. The van der Waals surface area contributed by atoms with E-state index in [1.807, 2.05) is 6.92 Å². The summed E-state index contributed by atoms with van der Waals surface area (Å²) in [5, 5.41) is 0. The highest BCUT2D eigenvalue weighted by atomic mass is 32.2. The summed E-state index contributed by atoms with van der Waals surface area (Å²) in [4.78, 5) is 1.81. The first-order valence-electron chi connectivity index (χ1n) is 7.14. The number of piperazine rings is 1. The number of hydrogen-bond donors (Lipinski definition) is 1. The molecule has 1 heterocycles. The van der Waals surface area contributed by atoms with E-state index in [1.165, 1.54) is 4.90 Å². The summed E-state index contributed by atoms with van der Waals surface area (Å²) in [7, 11) is -3.36. The van der Waals surface area contributed by atoms with E-state index in [4.69, 9.17) is 4.74 Å². The first kappa shape index (κ1) is 15.3. The number of benzene rings is 1. The molecular formula is C14H23N2O3S+. The molecule has 0 spiro atoms. The average Bonchev–Trinajstić information content (AvgIpc) is 2.48. The lowest BCUT2D eigenvalue weighted by Gasteiger charge is -2.30. The molecule has 0 bridgehead atoms. The Morgan fingerprint density at radius 1 is 1.15 bits per heavy atom. The van der Waals surface area contributed by atoms with Gasteiger partial charge in [-0.3, -0.25) is 0 Å². The highest BCUT2D eigenvalue weighted by Crippen LogP contribution is 2.19. The fourth-order valence-corrected chi connectivity index (χ4v) is 3.86. The van der Waals surface area contributed by atoms with E-state index in [1.54, 1.807) is 28.6 Å². The van der Waals surface area contributed by atoms with Crippen LogP contribution < -0.4 is 9.64 Å². The van der Waals surface area contributed by atoms with Crippen LogP contribution in [0.2, 0.25) is 0 Å². The van der Waals surface area contributed by atoms with Crippen LogP contribution in [0.1, 0.15) is 13.8 Å². The fraction of sp³-hybridized carbons (Fsp3) is 0.571. The number of rotatable bonds is 5. The standard InChI is InChI=1S/C14H22N2O3S/c1-3-15-9-11-16(12-10-15)20(17,18)14-7-5-13(6-8-14)19-4-2/h5-8H,3-4,9-12H2,1-2H3/p+1. The van der Waals surface area contributed by atoms with Crippen molar-refractivity contribution in [2.45, 2.75) is 18.7 Å². The van der Waals surface area contributed by atoms with Crippen LogP contribution in [-0.4, -0.2) is 52.1 Å². The summed E-state index contributed by atoms with van der Waals surface area (Å²) >= 11 is 0. The quantitative estimate of drug-likeness (QED) is 0.832. The number of likely N-dealkylation sites (N-methyl/N-ethyl adjacent to an activating group) is 1. The van der Waals surface area contributed by atoms with Crippen molar-refractivity contribution in [3.63, 3.8) is 0 Å². The molecule has 6 heteroatoms. The zero-order valence-corrected chi connectivity index (χ0v) is 12.9. The van der Waals surface area contributed by atoms with E-state index in [2.05, 4.69) is 6.92 Å². The molecule has 5 nitrogen and oxygen atoms in total. The molecule has 2 rings (SSSR count). The molecule has 0 atom stereocenters. The van der Waals surface area contributed by atoms with Crippen molar-refractivity contribution >= 4 is 10.0 Å². The van der Waals surface area contributed by atoms with Crippen molar-refractivity contribution in [1.29, 1.82) is 0 Å². The van der Waals surface area contributed by atoms with Gasteiger partial charge < -0.3 is 9.64 Å². The zero-order valence-electron chi connectivity index (χ0n) is 12.1. The van der Waals surface area contributed by atoms with Crippen LogP contribution in [0.4, 0.5) is 0 Å². The van der Waals surface area contributed by atoms with Crippen molar-refractivity contribution in [3.05, 3.63) is 24.3 Å². The molecule has 20 heavy (non-hydrogen) atoms. The van der Waals surface area contributed by atoms with Crippen LogP contribution in [0.15, 0.2) is 29.2 Å². The van der Waals surface area contributed by atoms with Crippen molar-refractivity contribution in [2.75, 3.05) is 39.3 Å². The monoisotopic (exact) mass is 299 g/mol. The van der Waals surface area contributed by atoms with Gasteiger partial charge in [0.05, 0.1) is 44.2 Å². The van der Waals surface area contributed by atoms with Gasteiger partial charge in [0.15, 0.2) is 0 Å².